The van der Waals surface area contributed by atoms with Crippen LogP contribution in [0.2, 0.25) is 0 Å². The van der Waals surface area contributed by atoms with Gasteiger partial charge in [-0.05, 0) is 86.9 Å². The fourth-order valence-corrected chi connectivity index (χ4v) is 4.27. The number of aryl methyl sites for hydroxylation is 1. The SMILES string of the molecule is CCCC(O)/C=C/c1ccccc1C(C)CCC(O)CN1CCCC1.Cc1ccc(F)c(F)c1. The molecule has 0 radical (unpaired) electrons. The average Bonchev–Trinajstić information content (AvgIpc) is 3.32. The van der Waals surface area contributed by atoms with Crippen LogP contribution in [0.3, 0.4) is 0 Å². The Balaban J connectivity index is 0.000000379. The summed E-state index contributed by atoms with van der Waals surface area (Å²) >= 11 is 0. The van der Waals surface area contributed by atoms with Crippen LogP contribution in [-0.4, -0.2) is 47.0 Å². The second-order valence-corrected chi connectivity index (χ2v) is 9.40. The van der Waals surface area contributed by atoms with Crippen molar-refractivity contribution in [2.75, 3.05) is 19.6 Å². The summed E-state index contributed by atoms with van der Waals surface area (Å²) in [7, 11) is 0. The van der Waals surface area contributed by atoms with E-state index in [0.717, 1.165) is 63.0 Å². The Morgan fingerprint density at radius 3 is 2.32 bits per heavy atom. The number of aliphatic hydroxyl groups is 2. The molecule has 3 atom stereocenters. The Bertz CT molecular complexity index is 880. The Labute approximate surface area is 204 Å². The van der Waals surface area contributed by atoms with Crippen molar-refractivity contribution in [3.63, 3.8) is 0 Å². The summed E-state index contributed by atoms with van der Waals surface area (Å²) in [5, 5.41) is 20.2. The van der Waals surface area contributed by atoms with Gasteiger partial charge in [-0.15, -0.1) is 0 Å². The lowest BCUT2D eigenvalue weighted by atomic mass is 9.90. The van der Waals surface area contributed by atoms with Crippen LogP contribution in [0.5, 0.6) is 0 Å². The smallest absolute Gasteiger partial charge is 0.159 e. The van der Waals surface area contributed by atoms with E-state index in [1.807, 2.05) is 18.2 Å². The highest BCUT2D eigenvalue weighted by Crippen LogP contribution is 2.26. The molecular weight excluding hydrogens is 432 g/mol. The van der Waals surface area contributed by atoms with Crippen LogP contribution in [-0.2, 0) is 0 Å². The van der Waals surface area contributed by atoms with E-state index in [2.05, 4.69) is 36.9 Å². The van der Waals surface area contributed by atoms with E-state index in [-0.39, 0.29) is 12.2 Å². The molecule has 34 heavy (non-hydrogen) atoms. The van der Waals surface area contributed by atoms with Gasteiger partial charge in [-0.3, -0.25) is 0 Å². The number of likely N-dealkylation sites (tertiary alicyclic amines) is 1. The van der Waals surface area contributed by atoms with Crippen molar-refractivity contribution in [1.82, 2.24) is 4.90 Å². The van der Waals surface area contributed by atoms with E-state index >= 15 is 0 Å². The highest BCUT2D eigenvalue weighted by Gasteiger charge is 2.17. The zero-order valence-corrected chi connectivity index (χ0v) is 20.9. The molecule has 0 amide bonds. The fourth-order valence-electron chi connectivity index (χ4n) is 4.27. The van der Waals surface area contributed by atoms with Gasteiger partial charge in [0.25, 0.3) is 0 Å². The van der Waals surface area contributed by atoms with Crippen molar-refractivity contribution < 1.29 is 19.0 Å². The van der Waals surface area contributed by atoms with E-state index < -0.39 is 11.6 Å². The standard InChI is InChI=1S/C22H35NO2.C7H6F2/c1-3-8-20(24)14-12-19-9-4-5-10-22(19)18(2)11-13-21(25)17-23-15-6-7-16-23;1-5-2-3-6(8)7(9)4-5/h4-5,9-10,12,14,18,20-21,24-25H,3,6-8,11,13,15-17H2,1-2H3;2-4H,1H3/b14-12+;. The zero-order valence-electron chi connectivity index (χ0n) is 20.9. The average molecular weight is 474 g/mol. The van der Waals surface area contributed by atoms with Gasteiger partial charge in [0, 0.05) is 6.54 Å². The van der Waals surface area contributed by atoms with E-state index in [0.29, 0.717) is 5.92 Å². The number of hydrogen-bond acceptors (Lipinski definition) is 3. The summed E-state index contributed by atoms with van der Waals surface area (Å²) in [4.78, 5) is 2.38. The predicted octanol–water partition coefficient (Wildman–Crippen LogP) is 6.47. The van der Waals surface area contributed by atoms with Crippen molar-refractivity contribution in [2.24, 2.45) is 0 Å². The van der Waals surface area contributed by atoms with Crippen molar-refractivity contribution in [2.45, 2.75) is 77.4 Å². The van der Waals surface area contributed by atoms with Gasteiger partial charge in [-0.1, -0.05) is 62.8 Å². The van der Waals surface area contributed by atoms with E-state index in [4.69, 9.17) is 0 Å². The summed E-state index contributed by atoms with van der Waals surface area (Å²) in [6.45, 7) is 9.12. The molecule has 3 unspecified atom stereocenters. The summed E-state index contributed by atoms with van der Waals surface area (Å²) < 4.78 is 24.3. The number of rotatable bonds is 10. The van der Waals surface area contributed by atoms with Crippen molar-refractivity contribution in [3.05, 3.63) is 76.9 Å². The molecular formula is C29H41F2NO2. The van der Waals surface area contributed by atoms with Gasteiger partial charge in [-0.2, -0.15) is 0 Å². The maximum absolute atomic E-state index is 12.2. The molecule has 1 saturated heterocycles. The number of hydrogen-bond donors (Lipinski definition) is 2. The molecule has 2 N–H and O–H groups in total. The molecule has 0 bridgehead atoms. The third kappa shape index (κ3) is 10.0. The first-order chi connectivity index (χ1) is 16.3. The normalized spacial score (nSPS) is 16.8. The topological polar surface area (TPSA) is 43.7 Å². The quantitative estimate of drug-likeness (QED) is 0.415. The van der Waals surface area contributed by atoms with Gasteiger partial charge >= 0.3 is 0 Å². The molecule has 1 aliphatic rings. The monoisotopic (exact) mass is 473 g/mol. The largest absolute Gasteiger partial charge is 0.392 e. The first-order valence-electron chi connectivity index (χ1n) is 12.6. The lowest BCUT2D eigenvalue weighted by Crippen LogP contribution is -2.30. The number of β-amino-alcohol motifs (C(OH)–C–C–N with tert-alkyl or cyclic N) is 1. The lowest BCUT2D eigenvalue weighted by molar-refractivity contribution is 0.113. The molecule has 1 fully saturated rings. The zero-order chi connectivity index (χ0) is 24.9. The van der Waals surface area contributed by atoms with Gasteiger partial charge < -0.3 is 15.1 Å². The Hall–Kier alpha value is -2.08. The van der Waals surface area contributed by atoms with Crippen LogP contribution in [0.25, 0.3) is 6.08 Å². The van der Waals surface area contributed by atoms with Gasteiger partial charge in [0.05, 0.1) is 12.2 Å². The third-order valence-corrected chi connectivity index (χ3v) is 6.28. The minimum Gasteiger partial charge on any atom is -0.392 e. The summed E-state index contributed by atoms with van der Waals surface area (Å²) in [5.41, 5.74) is 3.21. The van der Waals surface area contributed by atoms with Crippen molar-refractivity contribution in [3.8, 4) is 0 Å². The van der Waals surface area contributed by atoms with Crippen LogP contribution in [0.1, 0.15) is 75.0 Å². The maximum Gasteiger partial charge on any atom is 0.159 e. The summed E-state index contributed by atoms with van der Waals surface area (Å²) in [6.07, 6.45) is 9.51. The number of nitrogens with zero attached hydrogens (tertiary/aromatic N) is 1. The third-order valence-electron chi connectivity index (χ3n) is 6.28. The van der Waals surface area contributed by atoms with Crippen LogP contribution in [0.15, 0.2) is 48.5 Å². The molecule has 5 heteroatoms. The fraction of sp³-hybridized carbons (Fsp3) is 0.517. The summed E-state index contributed by atoms with van der Waals surface area (Å²) in [6, 6.07) is 12.2. The van der Waals surface area contributed by atoms with Crippen molar-refractivity contribution in [1.29, 1.82) is 0 Å². The van der Waals surface area contributed by atoms with Gasteiger partial charge in [0.1, 0.15) is 0 Å². The highest BCUT2D eigenvalue weighted by molar-refractivity contribution is 5.55. The second kappa shape index (κ2) is 15.0. The molecule has 1 aliphatic heterocycles. The van der Waals surface area contributed by atoms with E-state index in [1.165, 1.54) is 30.0 Å². The maximum atomic E-state index is 12.2. The highest BCUT2D eigenvalue weighted by atomic mass is 19.2. The number of aliphatic hydroxyl groups excluding tert-OH is 2. The van der Waals surface area contributed by atoms with Crippen molar-refractivity contribution >= 4 is 6.08 Å². The van der Waals surface area contributed by atoms with Crippen LogP contribution < -0.4 is 0 Å². The first-order valence-corrected chi connectivity index (χ1v) is 12.6. The van der Waals surface area contributed by atoms with Gasteiger partial charge in [0.2, 0.25) is 0 Å². The molecule has 1 heterocycles. The number of benzene rings is 2. The van der Waals surface area contributed by atoms with Crippen LogP contribution >= 0.6 is 0 Å². The van der Waals surface area contributed by atoms with E-state index in [1.54, 1.807) is 6.92 Å². The minimum absolute atomic E-state index is 0.227. The lowest BCUT2D eigenvalue weighted by Gasteiger charge is -2.21. The Kier molecular flexibility index (Phi) is 12.4. The Morgan fingerprint density at radius 1 is 0.971 bits per heavy atom. The molecule has 0 aliphatic carbocycles. The number of halogens is 2. The summed E-state index contributed by atoms with van der Waals surface area (Å²) in [5.74, 6) is -1.17. The molecule has 188 valence electrons. The molecule has 3 nitrogen and oxygen atoms in total. The van der Waals surface area contributed by atoms with Crippen LogP contribution in [0, 0.1) is 18.6 Å². The molecule has 0 spiro atoms. The molecule has 0 aromatic heterocycles. The molecule has 2 aromatic carbocycles. The Morgan fingerprint density at radius 2 is 1.68 bits per heavy atom. The molecule has 2 aromatic rings. The first kappa shape index (κ1) is 28.2. The predicted molar refractivity (Wildman–Crippen MR) is 137 cm³/mol. The minimum atomic E-state index is -0.791. The van der Waals surface area contributed by atoms with Crippen LogP contribution in [0.4, 0.5) is 8.78 Å². The molecule has 3 rings (SSSR count). The second-order valence-electron chi connectivity index (χ2n) is 9.40. The molecule has 0 saturated carbocycles. The van der Waals surface area contributed by atoms with Gasteiger partial charge in [0.15, 0.2) is 11.6 Å². The van der Waals surface area contributed by atoms with E-state index in [9.17, 15) is 19.0 Å². The van der Waals surface area contributed by atoms with Gasteiger partial charge in [-0.25, -0.2) is 8.78 Å².